The molecule has 1 aromatic heterocycles. The van der Waals surface area contributed by atoms with Crippen LogP contribution in [0.3, 0.4) is 0 Å². The molecule has 0 amide bonds. The molecule has 4 rings (SSSR count). The van der Waals surface area contributed by atoms with Crippen LogP contribution in [0.2, 0.25) is 0 Å². The predicted octanol–water partition coefficient (Wildman–Crippen LogP) is 5.15. The molecule has 0 aliphatic rings. The molecule has 28 heavy (non-hydrogen) atoms. The molecule has 0 aliphatic carbocycles. The van der Waals surface area contributed by atoms with Gasteiger partial charge in [0.05, 0.1) is 4.92 Å². The largest absolute Gasteiger partial charge is 0.324 e. The second-order valence-corrected chi connectivity index (χ2v) is 11.1. The molecule has 4 aromatic rings. The highest BCUT2D eigenvalue weighted by Crippen LogP contribution is 2.58. The number of thiophene rings is 1. The third kappa shape index (κ3) is 3.49. The van der Waals surface area contributed by atoms with Crippen molar-refractivity contribution in [2.45, 2.75) is 6.16 Å². The van der Waals surface area contributed by atoms with Crippen LogP contribution in [0.5, 0.6) is 0 Å². The van der Waals surface area contributed by atoms with Gasteiger partial charge in [0.25, 0.3) is 0 Å². The van der Waals surface area contributed by atoms with Gasteiger partial charge in [0, 0.05) is 10.9 Å². The van der Waals surface area contributed by atoms with Gasteiger partial charge < -0.3 is 0 Å². The Balaban J connectivity index is 1.96. The molecule has 1 heterocycles. The topological polar surface area (TPSA) is 43.1 Å². The molecule has 0 fully saturated rings. The average molecular weight is 404 g/mol. The Morgan fingerprint density at radius 2 is 1.11 bits per heavy atom. The maximum atomic E-state index is 11.2. The van der Waals surface area contributed by atoms with Crippen LogP contribution in [-0.4, -0.2) is 4.92 Å². The van der Waals surface area contributed by atoms with Crippen molar-refractivity contribution in [1.82, 2.24) is 0 Å². The summed E-state index contributed by atoms with van der Waals surface area (Å²) in [6, 6.07) is 35.2. The normalized spacial score (nSPS) is 11.3. The molecule has 0 atom stereocenters. The van der Waals surface area contributed by atoms with Crippen molar-refractivity contribution in [2.75, 3.05) is 0 Å². The third-order valence-electron chi connectivity index (χ3n) is 4.81. The SMILES string of the molecule is O=[N+]([O-])c1ccc(C[P+](c2ccccc2)(c2ccccc2)c2ccccc2)s1. The fourth-order valence-electron chi connectivity index (χ4n) is 3.55. The lowest BCUT2D eigenvalue weighted by molar-refractivity contribution is -0.380. The molecular weight excluding hydrogens is 385 g/mol. The smallest absolute Gasteiger partial charge is 0.258 e. The highest BCUT2D eigenvalue weighted by molar-refractivity contribution is 7.95. The molecule has 0 aliphatic heterocycles. The van der Waals surface area contributed by atoms with Crippen LogP contribution in [-0.2, 0) is 6.16 Å². The van der Waals surface area contributed by atoms with Crippen LogP contribution in [0, 0.1) is 10.1 Å². The zero-order chi connectivity index (χ0) is 19.4. The quantitative estimate of drug-likeness (QED) is 0.253. The second-order valence-electron chi connectivity index (χ2n) is 6.47. The number of nitro groups is 1. The lowest BCUT2D eigenvalue weighted by Gasteiger charge is -2.27. The van der Waals surface area contributed by atoms with Gasteiger partial charge in [-0.3, -0.25) is 10.1 Å². The van der Waals surface area contributed by atoms with Gasteiger partial charge in [0.1, 0.15) is 29.3 Å². The monoisotopic (exact) mass is 404 g/mol. The highest BCUT2D eigenvalue weighted by Gasteiger charge is 2.45. The lowest BCUT2D eigenvalue weighted by Crippen LogP contribution is -2.32. The van der Waals surface area contributed by atoms with E-state index in [1.807, 2.05) is 24.3 Å². The van der Waals surface area contributed by atoms with E-state index in [4.69, 9.17) is 0 Å². The molecule has 0 N–H and O–H groups in total. The van der Waals surface area contributed by atoms with Crippen molar-refractivity contribution in [3.05, 3.63) is 118 Å². The minimum Gasteiger partial charge on any atom is -0.258 e. The summed E-state index contributed by atoms with van der Waals surface area (Å²) < 4.78 is 0. The van der Waals surface area contributed by atoms with Gasteiger partial charge in [-0.2, -0.15) is 0 Å². The van der Waals surface area contributed by atoms with Crippen molar-refractivity contribution in [3.63, 3.8) is 0 Å². The zero-order valence-corrected chi connectivity index (χ0v) is 16.9. The minimum atomic E-state index is -2.00. The number of rotatable bonds is 6. The van der Waals surface area contributed by atoms with E-state index in [0.29, 0.717) is 0 Å². The molecule has 0 unspecified atom stereocenters. The van der Waals surface area contributed by atoms with E-state index in [9.17, 15) is 10.1 Å². The van der Waals surface area contributed by atoms with Gasteiger partial charge in [0.15, 0.2) is 0 Å². The summed E-state index contributed by atoms with van der Waals surface area (Å²) in [5.41, 5.74) is 0. The van der Waals surface area contributed by atoms with Crippen LogP contribution in [0.15, 0.2) is 103 Å². The molecule has 0 spiro atoms. The zero-order valence-electron chi connectivity index (χ0n) is 15.1. The van der Waals surface area contributed by atoms with Gasteiger partial charge in [-0.15, -0.1) is 0 Å². The first-order valence-corrected chi connectivity index (χ1v) is 11.8. The van der Waals surface area contributed by atoms with E-state index >= 15 is 0 Å². The fourth-order valence-corrected chi connectivity index (χ4v) is 9.06. The molecule has 0 bridgehead atoms. The van der Waals surface area contributed by atoms with Crippen LogP contribution < -0.4 is 15.9 Å². The Hall–Kier alpha value is -2.81. The van der Waals surface area contributed by atoms with Gasteiger partial charge in [0.2, 0.25) is 0 Å². The van der Waals surface area contributed by atoms with E-state index in [0.717, 1.165) is 11.0 Å². The fraction of sp³-hybridized carbons (Fsp3) is 0.0435. The maximum absolute atomic E-state index is 11.2. The Bertz CT molecular complexity index is 969. The van der Waals surface area contributed by atoms with Crippen molar-refractivity contribution in [3.8, 4) is 0 Å². The van der Waals surface area contributed by atoms with Crippen LogP contribution >= 0.6 is 18.6 Å². The number of nitrogens with zero attached hydrogens (tertiary/aromatic N) is 1. The Labute approximate surface area is 168 Å². The van der Waals surface area contributed by atoms with Crippen molar-refractivity contribution in [1.29, 1.82) is 0 Å². The van der Waals surface area contributed by atoms with Crippen LogP contribution in [0.1, 0.15) is 4.88 Å². The summed E-state index contributed by atoms with van der Waals surface area (Å²) in [4.78, 5) is 11.9. The van der Waals surface area contributed by atoms with Gasteiger partial charge in [-0.25, -0.2) is 0 Å². The van der Waals surface area contributed by atoms with E-state index in [1.165, 1.54) is 27.3 Å². The first-order valence-electron chi connectivity index (χ1n) is 8.98. The average Bonchev–Trinajstić information content (AvgIpc) is 3.23. The molecule has 5 heteroatoms. The number of hydrogen-bond donors (Lipinski definition) is 0. The molecular formula is C23H19NO2PS+. The summed E-state index contributed by atoms with van der Waals surface area (Å²) in [6.45, 7) is 0. The predicted molar refractivity (Wildman–Crippen MR) is 120 cm³/mol. The Morgan fingerprint density at radius 3 is 1.46 bits per heavy atom. The lowest BCUT2D eigenvalue weighted by atomic mass is 10.4. The first kappa shape index (κ1) is 18.5. The van der Waals surface area contributed by atoms with Crippen molar-refractivity contribution >= 4 is 39.5 Å². The summed E-state index contributed by atoms with van der Waals surface area (Å²) >= 11 is 1.28. The van der Waals surface area contributed by atoms with E-state index in [1.54, 1.807) is 6.07 Å². The van der Waals surface area contributed by atoms with E-state index < -0.39 is 7.26 Å². The van der Waals surface area contributed by atoms with Crippen molar-refractivity contribution < 1.29 is 4.92 Å². The third-order valence-corrected chi connectivity index (χ3v) is 10.4. The minimum absolute atomic E-state index is 0.197. The van der Waals surface area contributed by atoms with Crippen LogP contribution in [0.4, 0.5) is 5.00 Å². The summed E-state index contributed by atoms with van der Waals surface area (Å²) in [6.07, 6.45) is 0.767. The maximum Gasteiger partial charge on any atom is 0.324 e. The summed E-state index contributed by atoms with van der Waals surface area (Å²) in [7, 11) is -2.00. The Morgan fingerprint density at radius 1 is 0.679 bits per heavy atom. The van der Waals surface area contributed by atoms with Crippen molar-refractivity contribution in [2.24, 2.45) is 0 Å². The van der Waals surface area contributed by atoms with Gasteiger partial charge >= 0.3 is 5.00 Å². The molecule has 3 nitrogen and oxygen atoms in total. The summed E-state index contributed by atoms with van der Waals surface area (Å²) in [5.74, 6) is 0. The molecule has 3 aromatic carbocycles. The van der Waals surface area contributed by atoms with Gasteiger partial charge in [-0.05, 0) is 42.5 Å². The molecule has 0 saturated carbocycles. The van der Waals surface area contributed by atoms with E-state index in [2.05, 4.69) is 72.8 Å². The highest BCUT2D eigenvalue weighted by atomic mass is 32.1. The summed E-state index contributed by atoms with van der Waals surface area (Å²) in [5, 5.41) is 15.3. The first-order chi connectivity index (χ1) is 13.7. The van der Waals surface area contributed by atoms with Crippen LogP contribution in [0.25, 0.3) is 0 Å². The number of hydrogen-bond acceptors (Lipinski definition) is 3. The molecule has 138 valence electrons. The molecule has 0 radical (unpaired) electrons. The molecule has 0 saturated heterocycles. The van der Waals surface area contributed by atoms with E-state index in [-0.39, 0.29) is 9.92 Å². The number of benzene rings is 3. The van der Waals surface area contributed by atoms with Gasteiger partial charge in [-0.1, -0.05) is 65.9 Å². The standard InChI is InChI=1S/C23H19NO2PS/c25-24(26)23-17-16-22(28-23)18-27(19-10-4-1-5-11-19,20-12-6-2-7-13-20)21-14-8-3-9-15-21/h1-17H,18H2/q+1. The Kier molecular flexibility index (Phi) is 5.34. The second kappa shape index (κ2) is 8.05.